The molecule has 15 heavy (non-hydrogen) atoms. The predicted octanol–water partition coefficient (Wildman–Crippen LogP) is 1.59. The van der Waals surface area contributed by atoms with Crippen molar-refractivity contribution in [1.82, 2.24) is 5.32 Å². The highest BCUT2D eigenvalue weighted by molar-refractivity contribution is 5.93. The summed E-state index contributed by atoms with van der Waals surface area (Å²) in [5, 5.41) is 3.03. The molecule has 0 atom stereocenters. The van der Waals surface area contributed by atoms with Crippen LogP contribution in [0, 0.1) is 0 Å². The number of hydrogen-bond acceptors (Lipinski definition) is 3. The van der Waals surface area contributed by atoms with Gasteiger partial charge in [0, 0.05) is 12.1 Å². The van der Waals surface area contributed by atoms with Crippen LogP contribution in [0.25, 0.3) is 6.08 Å². The van der Waals surface area contributed by atoms with Crippen LogP contribution >= 0.6 is 0 Å². The lowest BCUT2D eigenvalue weighted by Crippen LogP contribution is -2.03. The lowest BCUT2D eigenvalue weighted by molar-refractivity contribution is 0.0535. The highest BCUT2D eigenvalue weighted by atomic mass is 16.5. The molecule has 0 fully saturated rings. The Morgan fingerprint density at radius 3 is 3.20 bits per heavy atom. The maximum absolute atomic E-state index is 11.2. The Kier molecular flexibility index (Phi) is 2.83. The molecule has 1 heterocycles. The number of ether oxygens (including phenoxy) is 1. The second kappa shape index (κ2) is 4.28. The van der Waals surface area contributed by atoms with E-state index >= 15 is 0 Å². The molecule has 0 aliphatic carbocycles. The van der Waals surface area contributed by atoms with Crippen LogP contribution in [0.1, 0.15) is 21.5 Å². The zero-order chi connectivity index (χ0) is 10.7. The molecule has 0 aromatic heterocycles. The number of cyclic esters (lactones) is 1. The maximum Gasteiger partial charge on any atom is 0.338 e. The quantitative estimate of drug-likeness (QED) is 0.758. The van der Waals surface area contributed by atoms with E-state index in [9.17, 15) is 4.79 Å². The van der Waals surface area contributed by atoms with Gasteiger partial charge in [0.2, 0.25) is 0 Å². The Labute approximate surface area is 88.8 Å². The zero-order valence-corrected chi connectivity index (χ0v) is 8.62. The summed E-state index contributed by atoms with van der Waals surface area (Å²) >= 11 is 0. The van der Waals surface area contributed by atoms with Crippen molar-refractivity contribution in [2.45, 2.75) is 6.61 Å². The van der Waals surface area contributed by atoms with E-state index < -0.39 is 0 Å². The molecule has 1 N–H and O–H groups in total. The van der Waals surface area contributed by atoms with Crippen molar-refractivity contribution in [3.63, 3.8) is 0 Å². The molecule has 0 radical (unpaired) electrons. The highest BCUT2D eigenvalue weighted by Crippen LogP contribution is 2.21. The minimum absolute atomic E-state index is 0.212. The summed E-state index contributed by atoms with van der Waals surface area (Å²) in [6.45, 7) is 1.24. The van der Waals surface area contributed by atoms with Crippen LogP contribution in [0.3, 0.4) is 0 Å². The van der Waals surface area contributed by atoms with Gasteiger partial charge in [-0.1, -0.05) is 18.2 Å². The van der Waals surface area contributed by atoms with Crippen molar-refractivity contribution in [3.8, 4) is 0 Å². The number of rotatable bonds is 3. The average Bonchev–Trinajstić information content (AvgIpc) is 2.61. The molecule has 0 bridgehead atoms. The van der Waals surface area contributed by atoms with Crippen molar-refractivity contribution < 1.29 is 9.53 Å². The monoisotopic (exact) mass is 203 g/mol. The lowest BCUT2D eigenvalue weighted by atomic mass is 10.1. The zero-order valence-electron chi connectivity index (χ0n) is 8.62. The molecule has 1 aromatic rings. The van der Waals surface area contributed by atoms with E-state index in [0.717, 1.165) is 17.7 Å². The van der Waals surface area contributed by atoms with Crippen molar-refractivity contribution in [1.29, 1.82) is 0 Å². The highest BCUT2D eigenvalue weighted by Gasteiger charge is 2.20. The van der Waals surface area contributed by atoms with E-state index in [1.165, 1.54) is 0 Å². The van der Waals surface area contributed by atoms with Crippen molar-refractivity contribution >= 4 is 12.0 Å². The molecule has 0 spiro atoms. The molecule has 1 aromatic carbocycles. The topological polar surface area (TPSA) is 38.3 Å². The van der Waals surface area contributed by atoms with Crippen LogP contribution in [0.5, 0.6) is 0 Å². The predicted molar refractivity (Wildman–Crippen MR) is 58.5 cm³/mol. The summed E-state index contributed by atoms with van der Waals surface area (Å²) in [6.07, 6.45) is 4.07. The first-order chi connectivity index (χ1) is 7.31. The van der Waals surface area contributed by atoms with Gasteiger partial charge in [-0.05, 0) is 24.7 Å². The Morgan fingerprint density at radius 2 is 2.40 bits per heavy atom. The normalized spacial score (nSPS) is 14.3. The van der Waals surface area contributed by atoms with Gasteiger partial charge < -0.3 is 10.1 Å². The maximum atomic E-state index is 11.2. The SMILES string of the molecule is CNCC=Cc1ccc2c(c1)COC2=O. The van der Waals surface area contributed by atoms with Gasteiger partial charge in [-0.15, -0.1) is 0 Å². The van der Waals surface area contributed by atoms with E-state index in [0.29, 0.717) is 12.2 Å². The fourth-order valence-electron chi connectivity index (χ4n) is 1.57. The van der Waals surface area contributed by atoms with E-state index in [2.05, 4.69) is 5.32 Å². The van der Waals surface area contributed by atoms with Gasteiger partial charge in [0.15, 0.2) is 0 Å². The largest absolute Gasteiger partial charge is 0.457 e. The fraction of sp³-hybridized carbons (Fsp3) is 0.250. The second-order valence-corrected chi connectivity index (χ2v) is 3.45. The number of hydrogen-bond donors (Lipinski definition) is 1. The number of benzene rings is 1. The Hall–Kier alpha value is -1.61. The van der Waals surface area contributed by atoms with Crippen molar-refractivity contribution in [3.05, 3.63) is 41.0 Å². The summed E-state index contributed by atoms with van der Waals surface area (Å²) < 4.78 is 4.93. The molecule has 3 nitrogen and oxygen atoms in total. The molecule has 0 saturated carbocycles. The number of likely N-dealkylation sites (N-methyl/N-ethyl adjacent to an activating group) is 1. The van der Waals surface area contributed by atoms with Crippen LogP contribution in [0.4, 0.5) is 0 Å². The Morgan fingerprint density at radius 1 is 1.53 bits per heavy atom. The van der Waals surface area contributed by atoms with Crippen LogP contribution in [0.15, 0.2) is 24.3 Å². The third-order valence-electron chi connectivity index (χ3n) is 2.34. The summed E-state index contributed by atoms with van der Waals surface area (Å²) in [6, 6.07) is 5.74. The number of carbonyl (C=O) groups excluding carboxylic acids is 1. The van der Waals surface area contributed by atoms with Gasteiger partial charge in [0.1, 0.15) is 6.61 Å². The molecule has 0 unspecified atom stereocenters. The Bertz CT molecular complexity index is 410. The standard InChI is InChI=1S/C12H13NO2/c1-13-6-2-3-9-4-5-11-10(7-9)8-15-12(11)14/h2-5,7,13H,6,8H2,1H3. The number of carbonyl (C=O) groups is 1. The first kappa shape index (κ1) is 9.93. The van der Waals surface area contributed by atoms with Crippen LogP contribution < -0.4 is 5.32 Å². The number of fused-ring (bicyclic) bond motifs is 1. The van der Waals surface area contributed by atoms with Gasteiger partial charge in [-0.25, -0.2) is 4.79 Å². The molecule has 78 valence electrons. The fourth-order valence-corrected chi connectivity index (χ4v) is 1.57. The van der Waals surface area contributed by atoms with Gasteiger partial charge in [0.25, 0.3) is 0 Å². The summed E-state index contributed by atoms with van der Waals surface area (Å²) in [7, 11) is 1.90. The van der Waals surface area contributed by atoms with E-state index in [4.69, 9.17) is 4.74 Å². The molecule has 1 aliphatic heterocycles. The van der Waals surface area contributed by atoms with Crippen molar-refractivity contribution in [2.75, 3.05) is 13.6 Å². The van der Waals surface area contributed by atoms with E-state index in [1.54, 1.807) is 0 Å². The molecular weight excluding hydrogens is 190 g/mol. The smallest absolute Gasteiger partial charge is 0.338 e. The molecule has 1 aliphatic rings. The molecule has 0 amide bonds. The molecule has 2 rings (SSSR count). The first-order valence-corrected chi connectivity index (χ1v) is 4.92. The van der Waals surface area contributed by atoms with Crippen LogP contribution in [0.2, 0.25) is 0 Å². The summed E-state index contributed by atoms with van der Waals surface area (Å²) in [5.41, 5.74) is 2.77. The minimum Gasteiger partial charge on any atom is -0.457 e. The molecular formula is C12H13NO2. The third-order valence-corrected chi connectivity index (χ3v) is 2.34. The second-order valence-electron chi connectivity index (χ2n) is 3.45. The van der Waals surface area contributed by atoms with Gasteiger partial charge in [-0.2, -0.15) is 0 Å². The van der Waals surface area contributed by atoms with Crippen LogP contribution in [-0.2, 0) is 11.3 Å². The van der Waals surface area contributed by atoms with Crippen molar-refractivity contribution in [2.24, 2.45) is 0 Å². The van der Waals surface area contributed by atoms with Crippen LogP contribution in [-0.4, -0.2) is 19.6 Å². The molecule has 3 heteroatoms. The first-order valence-electron chi connectivity index (χ1n) is 4.92. The number of nitrogens with one attached hydrogen (secondary N) is 1. The van der Waals surface area contributed by atoms with E-state index in [1.807, 2.05) is 37.4 Å². The number of esters is 1. The molecule has 0 saturated heterocycles. The van der Waals surface area contributed by atoms with E-state index in [-0.39, 0.29) is 5.97 Å². The third kappa shape index (κ3) is 2.07. The Balaban J connectivity index is 2.19. The van der Waals surface area contributed by atoms with Gasteiger partial charge in [-0.3, -0.25) is 0 Å². The summed E-state index contributed by atoms with van der Waals surface area (Å²) in [4.78, 5) is 11.2. The lowest BCUT2D eigenvalue weighted by Gasteiger charge is -1.97. The van der Waals surface area contributed by atoms with Gasteiger partial charge >= 0.3 is 5.97 Å². The van der Waals surface area contributed by atoms with Gasteiger partial charge in [0.05, 0.1) is 5.56 Å². The average molecular weight is 203 g/mol. The minimum atomic E-state index is -0.212. The summed E-state index contributed by atoms with van der Waals surface area (Å²) in [5.74, 6) is -0.212.